The Kier molecular flexibility index (Phi) is 10.7. The van der Waals surface area contributed by atoms with Crippen molar-refractivity contribution in [1.29, 1.82) is 0 Å². The van der Waals surface area contributed by atoms with E-state index in [1.807, 2.05) is 24.4 Å². The molecule has 0 spiro atoms. The number of allylic oxidation sites excluding steroid dienone is 1. The molecule has 0 fully saturated rings. The number of halogens is 3. The molecule has 186 valence electrons. The van der Waals surface area contributed by atoms with E-state index in [1.54, 1.807) is 6.20 Å². The molecule has 2 rings (SSSR count). The lowest BCUT2D eigenvalue weighted by molar-refractivity contribution is -0.137. The van der Waals surface area contributed by atoms with Crippen LogP contribution in [0.4, 0.5) is 13.2 Å². The van der Waals surface area contributed by atoms with E-state index in [9.17, 15) is 26.4 Å². The number of sulfonamides is 1. The van der Waals surface area contributed by atoms with Crippen LogP contribution in [0.3, 0.4) is 0 Å². The molecule has 0 aliphatic carbocycles. The van der Waals surface area contributed by atoms with Crippen LogP contribution >= 0.6 is 0 Å². The molecule has 0 bridgehead atoms. The second-order valence-corrected chi connectivity index (χ2v) is 9.58. The Balaban J connectivity index is 1.81. The summed E-state index contributed by atoms with van der Waals surface area (Å²) < 4.78 is 69.7. The number of hydrogen-bond acceptors (Lipinski definition) is 5. The van der Waals surface area contributed by atoms with Crippen molar-refractivity contribution in [2.75, 3.05) is 13.7 Å². The van der Waals surface area contributed by atoms with Crippen molar-refractivity contribution in [3.05, 3.63) is 72.1 Å². The van der Waals surface area contributed by atoms with Gasteiger partial charge in [0.25, 0.3) is 0 Å². The minimum Gasteiger partial charge on any atom is -0.466 e. The fraction of sp³-hybridized carbons (Fsp3) is 0.417. The van der Waals surface area contributed by atoms with E-state index >= 15 is 0 Å². The number of rotatable bonds is 13. The first-order chi connectivity index (χ1) is 16.1. The highest BCUT2D eigenvalue weighted by Gasteiger charge is 2.30. The maximum Gasteiger partial charge on any atom is 0.416 e. The van der Waals surface area contributed by atoms with Crippen LogP contribution in [-0.2, 0) is 32.2 Å². The number of carbonyl (C=O) groups excluding carboxylic acids is 1. The van der Waals surface area contributed by atoms with Gasteiger partial charge in [0.05, 0.1) is 17.6 Å². The molecule has 1 atom stereocenters. The Morgan fingerprint density at radius 3 is 2.44 bits per heavy atom. The van der Waals surface area contributed by atoms with Crippen LogP contribution in [0.5, 0.6) is 0 Å². The highest BCUT2D eigenvalue weighted by atomic mass is 32.2. The minimum atomic E-state index is -4.52. The van der Waals surface area contributed by atoms with E-state index in [-0.39, 0.29) is 17.4 Å². The van der Waals surface area contributed by atoms with E-state index < -0.39 is 27.7 Å². The van der Waals surface area contributed by atoms with Crippen molar-refractivity contribution in [3.8, 4) is 0 Å². The van der Waals surface area contributed by atoms with Gasteiger partial charge < -0.3 is 4.74 Å². The topological polar surface area (TPSA) is 85.4 Å². The van der Waals surface area contributed by atoms with E-state index in [1.165, 1.54) is 13.2 Å². The first-order valence-corrected chi connectivity index (χ1v) is 12.4. The van der Waals surface area contributed by atoms with E-state index in [4.69, 9.17) is 0 Å². The average molecular weight is 499 g/mol. The smallest absolute Gasteiger partial charge is 0.416 e. The number of ether oxygens (including phenoxy) is 1. The summed E-state index contributed by atoms with van der Waals surface area (Å²) >= 11 is 0. The number of benzene rings is 1. The lowest BCUT2D eigenvalue weighted by Crippen LogP contribution is -2.25. The summed E-state index contributed by atoms with van der Waals surface area (Å²) in [7, 11) is -2.58. The molecule has 2 aromatic rings. The quantitative estimate of drug-likeness (QED) is 0.241. The molecule has 34 heavy (non-hydrogen) atoms. The Bertz CT molecular complexity index is 1020. The van der Waals surface area contributed by atoms with Crippen LogP contribution in [0.15, 0.2) is 65.8 Å². The third-order valence-corrected chi connectivity index (χ3v) is 6.73. The zero-order chi connectivity index (χ0) is 25.0. The number of methoxy groups -OCH3 is 1. The molecule has 1 heterocycles. The normalized spacial score (nSPS) is 13.2. The monoisotopic (exact) mass is 498 g/mol. The van der Waals surface area contributed by atoms with Crippen molar-refractivity contribution in [3.63, 3.8) is 0 Å². The van der Waals surface area contributed by atoms with Crippen LogP contribution < -0.4 is 4.72 Å². The van der Waals surface area contributed by atoms with Crippen molar-refractivity contribution in [2.24, 2.45) is 5.92 Å². The van der Waals surface area contributed by atoms with Crippen LogP contribution in [0.2, 0.25) is 0 Å². The SMILES string of the molecule is COC(=O)/C=C/C(CCCCNS(=O)(=O)c1ccc(C(F)(F)F)cc1)CCCc1cccnc1. The number of nitrogens with zero attached hydrogens (tertiary/aromatic N) is 1. The molecule has 1 aromatic carbocycles. The van der Waals surface area contributed by atoms with Gasteiger partial charge in [-0.1, -0.05) is 18.6 Å². The predicted molar refractivity (Wildman–Crippen MR) is 122 cm³/mol. The Labute approximate surface area is 198 Å². The number of nitrogens with one attached hydrogen (secondary N) is 1. The van der Waals surface area contributed by atoms with Gasteiger partial charge in [0.15, 0.2) is 0 Å². The lowest BCUT2D eigenvalue weighted by atomic mass is 9.94. The number of alkyl halides is 3. The van der Waals surface area contributed by atoms with Crippen molar-refractivity contribution < 1.29 is 31.1 Å². The van der Waals surface area contributed by atoms with Crippen LogP contribution in [0.1, 0.15) is 43.2 Å². The molecule has 0 saturated heterocycles. The van der Waals surface area contributed by atoms with Crippen molar-refractivity contribution in [2.45, 2.75) is 49.6 Å². The number of pyridine rings is 1. The number of unbranched alkanes of at least 4 members (excludes halogenated alkanes) is 1. The number of hydrogen-bond donors (Lipinski definition) is 1. The predicted octanol–water partition coefficient (Wildman–Crippen LogP) is 4.92. The van der Waals surface area contributed by atoms with E-state index in [0.717, 1.165) is 55.5 Å². The largest absolute Gasteiger partial charge is 0.466 e. The standard InChI is InChI=1S/C24H29F3N2O4S/c1-33-23(30)15-10-19(7-4-8-20-9-5-16-28-18-20)6-2-3-17-29-34(31,32)22-13-11-21(12-14-22)24(25,26)27/h5,9-16,18-19,29H,2-4,6-8,17H2,1H3/b15-10+. The summed E-state index contributed by atoms with van der Waals surface area (Å²) in [5, 5.41) is 0. The summed E-state index contributed by atoms with van der Waals surface area (Å²) in [4.78, 5) is 15.3. The number of aryl methyl sites for hydroxylation is 1. The first kappa shape index (κ1) is 27.5. The van der Waals surface area contributed by atoms with Gasteiger partial charge in [-0.25, -0.2) is 17.9 Å². The molecule has 6 nitrogen and oxygen atoms in total. The molecule has 1 aromatic heterocycles. The number of esters is 1. The highest BCUT2D eigenvalue weighted by molar-refractivity contribution is 7.89. The van der Waals surface area contributed by atoms with E-state index in [2.05, 4.69) is 14.4 Å². The lowest BCUT2D eigenvalue weighted by Gasteiger charge is -2.13. The summed E-state index contributed by atoms with van der Waals surface area (Å²) in [5.74, 6) is -0.302. The average Bonchev–Trinajstić information content (AvgIpc) is 2.81. The van der Waals surface area contributed by atoms with Crippen LogP contribution in [0, 0.1) is 5.92 Å². The Morgan fingerprint density at radius 1 is 1.12 bits per heavy atom. The third-order valence-electron chi connectivity index (χ3n) is 5.25. The van der Waals surface area contributed by atoms with Gasteiger partial charge >= 0.3 is 12.1 Å². The highest BCUT2D eigenvalue weighted by Crippen LogP contribution is 2.29. The zero-order valence-electron chi connectivity index (χ0n) is 18.9. The molecule has 0 aliphatic rings. The summed E-state index contributed by atoms with van der Waals surface area (Å²) in [6.45, 7) is 0.159. The van der Waals surface area contributed by atoms with E-state index in [0.29, 0.717) is 12.8 Å². The number of carbonyl (C=O) groups is 1. The summed E-state index contributed by atoms with van der Waals surface area (Å²) in [5.41, 5.74) is 0.233. The Morgan fingerprint density at radius 2 is 1.82 bits per heavy atom. The Hall–Kier alpha value is -2.72. The molecule has 0 saturated carbocycles. The number of aromatic nitrogens is 1. The maximum absolute atomic E-state index is 12.7. The molecule has 0 amide bonds. The zero-order valence-corrected chi connectivity index (χ0v) is 19.7. The minimum absolute atomic E-state index is 0.127. The molecular formula is C24H29F3N2O4S. The van der Waals surface area contributed by atoms with Gasteiger partial charge in [0.2, 0.25) is 10.0 Å². The van der Waals surface area contributed by atoms with Gasteiger partial charge in [-0.3, -0.25) is 4.98 Å². The molecule has 10 heteroatoms. The molecule has 0 aliphatic heterocycles. The second kappa shape index (κ2) is 13.2. The maximum atomic E-state index is 12.7. The summed E-state index contributed by atoms with van der Waals surface area (Å²) in [6.07, 6.45) is 6.87. The second-order valence-electron chi connectivity index (χ2n) is 7.81. The molecule has 0 radical (unpaired) electrons. The van der Waals surface area contributed by atoms with Crippen LogP contribution in [-0.4, -0.2) is 33.0 Å². The van der Waals surface area contributed by atoms with Gasteiger partial charge in [0.1, 0.15) is 0 Å². The van der Waals surface area contributed by atoms with Gasteiger partial charge in [-0.2, -0.15) is 13.2 Å². The summed E-state index contributed by atoms with van der Waals surface area (Å²) in [6, 6.07) is 7.28. The van der Waals surface area contributed by atoms with Crippen molar-refractivity contribution >= 4 is 16.0 Å². The molecule has 1 N–H and O–H groups in total. The fourth-order valence-corrected chi connectivity index (χ4v) is 4.45. The molecule has 1 unspecified atom stereocenters. The van der Waals surface area contributed by atoms with Gasteiger partial charge in [-0.15, -0.1) is 0 Å². The first-order valence-electron chi connectivity index (χ1n) is 10.9. The van der Waals surface area contributed by atoms with Gasteiger partial charge in [0, 0.05) is 25.0 Å². The van der Waals surface area contributed by atoms with Gasteiger partial charge in [-0.05, 0) is 73.9 Å². The van der Waals surface area contributed by atoms with Crippen LogP contribution in [0.25, 0.3) is 0 Å². The molecular weight excluding hydrogens is 469 g/mol. The van der Waals surface area contributed by atoms with Crippen molar-refractivity contribution in [1.82, 2.24) is 9.71 Å². The third kappa shape index (κ3) is 9.64. The fourth-order valence-electron chi connectivity index (χ4n) is 3.38.